The Morgan fingerprint density at radius 3 is 1.25 bits per heavy atom. The summed E-state index contributed by atoms with van der Waals surface area (Å²) in [5.41, 5.74) is 0. The third-order valence-corrected chi connectivity index (χ3v) is 1.83. The van der Waals surface area contributed by atoms with Gasteiger partial charge in [0.2, 0.25) is 1.24 Å². The molecule has 0 saturated carbocycles. The molecule has 0 spiro atoms. The molecule has 0 fully saturated rings. The van der Waals surface area contributed by atoms with E-state index in [9.17, 15) is 13.2 Å². The van der Waals surface area contributed by atoms with Crippen LogP contribution in [0, 0.1) is 0 Å². The number of rotatable bonds is 0. The van der Waals surface area contributed by atoms with Gasteiger partial charge in [-0.15, -0.1) is 0 Å². The molecule has 0 aliphatic carbocycles. The fourth-order valence-electron chi connectivity index (χ4n) is 0. The van der Waals surface area contributed by atoms with Crippen molar-refractivity contribution in [3.63, 3.8) is 0 Å². The van der Waals surface area contributed by atoms with E-state index in [1.807, 2.05) is 0 Å². The van der Waals surface area contributed by atoms with Crippen LogP contribution in [0.5, 0.6) is 0 Å². The molecule has 0 aromatic rings. The highest BCUT2D eigenvalue weighted by atomic mass is 127. The van der Waals surface area contributed by atoms with Crippen molar-refractivity contribution >= 4 is 54.5 Å². The second-order valence-electron chi connectivity index (χ2n) is 0.996. The summed E-state index contributed by atoms with van der Waals surface area (Å²) in [5.74, 6) is 0. The number of hydrogen-bond acceptors (Lipinski definition) is 0. The molecule has 0 amide bonds. The zero-order chi connectivity index (χ0) is 7.00. The van der Waals surface area contributed by atoms with E-state index in [0.29, 0.717) is 0 Å². The summed E-state index contributed by atoms with van der Waals surface area (Å²) in [6, 6.07) is 0. The SMILES string of the molecule is FC(F)(F)C(Br)(Br)I. The maximum absolute atomic E-state index is 11.5. The molecule has 0 aliphatic rings. The van der Waals surface area contributed by atoms with Gasteiger partial charge in [0.15, 0.2) is 0 Å². The molecule has 50 valence electrons. The highest BCUT2D eigenvalue weighted by Crippen LogP contribution is 2.48. The molecule has 0 N–H and O–H groups in total. The Morgan fingerprint density at radius 2 is 1.25 bits per heavy atom. The van der Waals surface area contributed by atoms with E-state index < -0.39 is 7.42 Å². The van der Waals surface area contributed by atoms with Gasteiger partial charge < -0.3 is 0 Å². The fraction of sp³-hybridized carbons (Fsp3) is 1.00. The van der Waals surface area contributed by atoms with Crippen LogP contribution in [0.2, 0.25) is 0 Å². The third kappa shape index (κ3) is 2.86. The molecular weight excluding hydrogens is 368 g/mol. The second-order valence-corrected chi connectivity index (χ2v) is 9.02. The Balaban J connectivity index is 4.02. The maximum atomic E-state index is 11.5. The van der Waals surface area contributed by atoms with Crippen molar-refractivity contribution in [1.82, 2.24) is 0 Å². The lowest BCUT2D eigenvalue weighted by Crippen LogP contribution is -2.25. The van der Waals surface area contributed by atoms with Crippen molar-refractivity contribution in [3.8, 4) is 0 Å². The topological polar surface area (TPSA) is 0 Å². The Labute approximate surface area is 74.6 Å². The van der Waals surface area contributed by atoms with E-state index >= 15 is 0 Å². The Bertz CT molecular complexity index is 70.3. The summed E-state index contributed by atoms with van der Waals surface area (Å²) in [7, 11) is 0. The van der Waals surface area contributed by atoms with Gasteiger partial charge in [0.05, 0.1) is 0 Å². The van der Waals surface area contributed by atoms with Crippen LogP contribution in [-0.2, 0) is 0 Å². The van der Waals surface area contributed by atoms with E-state index in [0.717, 1.165) is 0 Å². The van der Waals surface area contributed by atoms with E-state index in [1.165, 1.54) is 22.6 Å². The molecule has 8 heavy (non-hydrogen) atoms. The number of halogens is 6. The molecule has 6 heteroatoms. The van der Waals surface area contributed by atoms with E-state index in [1.54, 1.807) is 0 Å². The molecule has 0 aliphatic heterocycles. The quantitative estimate of drug-likeness (QED) is 0.454. The third-order valence-electron chi connectivity index (χ3n) is 0.321. The van der Waals surface area contributed by atoms with Gasteiger partial charge in [-0.1, -0.05) is 31.9 Å². The molecule has 0 saturated heterocycles. The van der Waals surface area contributed by atoms with Crippen molar-refractivity contribution in [1.29, 1.82) is 0 Å². The van der Waals surface area contributed by atoms with Crippen LogP contribution in [0.1, 0.15) is 0 Å². The van der Waals surface area contributed by atoms with Crippen molar-refractivity contribution in [2.45, 2.75) is 7.42 Å². The molecule has 0 rings (SSSR count). The minimum Gasteiger partial charge on any atom is -0.168 e. The van der Waals surface area contributed by atoms with Crippen LogP contribution in [0.3, 0.4) is 0 Å². The smallest absolute Gasteiger partial charge is 0.168 e. The molecule has 0 bridgehead atoms. The zero-order valence-electron chi connectivity index (χ0n) is 3.27. The monoisotopic (exact) mass is 366 g/mol. The molecule has 0 unspecified atom stereocenters. The predicted octanol–water partition coefficient (Wildman–Crippen LogP) is 3.43. The predicted molar refractivity (Wildman–Crippen MR) is 40.7 cm³/mol. The van der Waals surface area contributed by atoms with Crippen molar-refractivity contribution in [2.75, 3.05) is 0 Å². The summed E-state index contributed by atoms with van der Waals surface area (Å²) in [6.45, 7) is 0. The first-order valence-corrected chi connectivity index (χ1v) is 4.05. The first-order valence-electron chi connectivity index (χ1n) is 1.38. The first kappa shape index (κ1) is 9.48. The van der Waals surface area contributed by atoms with Crippen LogP contribution in [0.4, 0.5) is 13.2 Å². The van der Waals surface area contributed by atoms with Crippen molar-refractivity contribution in [2.24, 2.45) is 0 Å². The van der Waals surface area contributed by atoms with Crippen molar-refractivity contribution in [3.05, 3.63) is 0 Å². The highest BCUT2D eigenvalue weighted by molar-refractivity contribution is 14.1. The van der Waals surface area contributed by atoms with Gasteiger partial charge in [-0.2, -0.15) is 13.2 Å². The van der Waals surface area contributed by atoms with Gasteiger partial charge in [0.25, 0.3) is 0 Å². The average Bonchev–Trinajstić information content (AvgIpc) is 1.25. The summed E-state index contributed by atoms with van der Waals surface area (Å²) in [5, 5.41) is 0. The summed E-state index contributed by atoms with van der Waals surface area (Å²) < 4.78 is 32.4. The van der Waals surface area contributed by atoms with E-state index in [-0.39, 0.29) is 0 Å². The summed E-state index contributed by atoms with van der Waals surface area (Å²) in [4.78, 5) is 0. The number of hydrogen-bond donors (Lipinski definition) is 0. The van der Waals surface area contributed by atoms with Crippen LogP contribution in [0.25, 0.3) is 0 Å². The number of alkyl halides is 6. The maximum Gasteiger partial charge on any atom is 0.422 e. The molecule has 0 atom stereocenters. The molecule has 0 radical (unpaired) electrons. The minimum atomic E-state index is -4.24. The van der Waals surface area contributed by atoms with Gasteiger partial charge in [0.1, 0.15) is 0 Å². The molecule has 0 aromatic heterocycles. The molecule has 0 nitrogen and oxygen atoms in total. The zero-order valence-corrected chi connectivity index (χ0v) is 8.60. The van der Waals surface area contributed by atoms with Crippen molar-refractivity contribution < 1.29 is 13.2 Å². The van der Waals surface area contributed by atoms with Gasteiger partial charge in [0, 0.05) is 0 Å². The lowest BCUT2D eigenvalue weighted by atomic mass is 10.8. The average molecular weight is 368 g/mol. The fourth-order valence-corrected chi connectivity index (χ4v) is 0. The normalized spacial score (nSPS) is 14.2. The largest absolute Gasteiger partial charge is 0.422 e. The molecule has 0 aromatic carbocycles. The van der Waals surface area contributed by atoms with Gasteiger partial charge in [-0.05, 0) is 22.6 Å². The standard InChI is InChI=1S/C2Br2F3I/c3-1(4,8)2(5,6)7. The molecule has 0 heterocycles. The van der Waals surface area contributed by atoms with Crippen LogP contribution in [-0.4, -0.2) is 7.42 Å². The minimum absolute atomic E-state index is 1.19. The summed E-state index contributed by atoms with van der Waals surface area (Å²) >= 11 is 5.95. The summed E-state index contributed by atoms with van der Waals surface area (Å²) in [6.07, 6.45) is -4.24. The van der Waals surface area contributed by atoms with Gasteiger partial charge >= 0.3 is 6.18 Å². The highest BCUT2D eigenvalue weighted by Gasteiger charge is 2.49. The Kier molecular flexibility index (Phi) is 3.09. The van der Waals surface area contributed by atoms with Gasteiger partial charge in [-0.25, -0.2) is 0 Å². The van der Waals surface area contributed by atoms with Crippen LogP contribution >= 0.6 is 54.5 Å². The van der Waals surface area contributed by atoms with Crippen LogP contribution in [0.15, 0.2) is 0 Å². The lowest BCUT2D eigenvalue weighted by molar-refractivity contribution is -0.113. The van der Waals surface area contributed by atoms with E-state index in [4.69, 9.17) is 0 Å². The lowest BCUT2D eigenvalue weighted by Gasteiger charge is -2.15. The Morgan fingerprint density at radius 1 is 1.12 bits per heavy atom. The van der Waals surface area contributed by atoms with Crippen LogP contribution < -0.4 is 0 Å². The second kappa shape index (κ2) is 2.61. The molecular formula is C2Br2F3I. The van der Waals surface area contributed by atoms with Gasteiger partial charge in [-0.3, -0.25) is 0 Å². The van der Waals surface area contributed by atoms with E-state index in [2.05, 4.69) is 31.9 Å². The first-order chi connectivity index (χ1) is 3.25. The Hall–Kier alpha value is 1.48.